The maximum Gasteiger partial charge on any atom is 0.136 e. The third-order valence-electron chi connectivity index (χ3n) is 3.71. The first kappa shape index (κ1) is 12.3. The van der Waals surface area contributed by atoms with Crippen LogP contribution >= 0.6 is 0 Å². The lowest BCUT2D eigenvalue weighted by Gasteiger charge is -2.39. The van der Waals surface area contributed by atoms with E-state index in [9.17, 15) is 9.90 Å². The normalized spacial score (nSPS) is 22.0. The van der Waals surface area contributed by atoms with Gasteiger partial charge < -0.3 is 9.90 Å². The maximum absolute atomic E-state index is 10.7. The van der Waals surface area contributed by atoms with Crippen LogP contribution in [0.2, 0.25) is 0 Å². The highest BCUT2D eigenvalue weighted by Crippen LogP contribution is 2.32. The van der Waals surface area contributed by atoms with E-state index in [-0.39, 0.29) is 6.04 Å². The van der Waals surface area contributed by atoms with Gasteiger partial charge in [-0.3, -0.25) is 4.90 Å². The molecule has 1 aliphatic rings. The Morgan fingerprint density at radius 1 is 1.29 bits per heavy atom. The van der Waals surface area contributed by atoms with Gasteiger partial charge in [0.15, 0.2) is 0 Å². The van der Waals surface area contributed by atoms with E-state index in [4.69, 9.17) is 0 Å². The summed E-state index contributed by atoms with van der Waals surface area (Å²) in [5.74, 6) is 0. The number of aldehydes is 1. The van der Waals surface area contributed by atoms with Crippen LogP contribution in [-0.2, 0) is 10.4 Å². The summed E-state index contributed by atoms with van der Waals surface area (Å²) < 4.78 is 0. The summed E-state index contributed by atoms with van der Waals surface area (Å²) in [6.45, 7) is 3.44. The molecule has 0 saturated carbocycles. The second-order valence-electron chi connectivity index (χ2n) is 4.81. The molecule has 1 atom stereocenters. The lowest BCUT2D eigenvalue weighted by Crippen LogP contribution is -2.46. The molecule has 2 rings (SSSR count). The van der Waals surface area contributed by atoms with Crippen molar-refractivity contribution in [1.29, 1.82) is 0 Å². The van der Waals surface area contributed by atoms with Gasteiger partial charge in [-0.25, -0.2) is 0 Å². The third-order valence-corrected chi connectivity index (χ3v) is 3.71. The number of hydrogen-bond acceptors (Lipinski definition) is 3. The number of carbonyl (C=O) groups excluding carboxylic acids is 1. The van der Waals surface area contributed by atoms with E-state index in [0.717, 1.165) is 24.9 Å². The van der Waals surface area contributed by atoms with E-state index in [2.05, 4.69) is 4.90 Å². The first-order valence-electron chi connectivity index (χ1n) is 6.13. The average molecular weight is 233 g/mol. The van der Waals surface area contributed by atoms with Crippen LogP contribution < -0.4 is 0 Å². The molecule has 0 aliphatic carbocycles. The molecule has 0 amide bonds. The molecule has 3 nitrogen and oxygen atoms in total. The SMILES string of the molecule is CC(C=O)N1CCC(O)(c2ccccc2)CC1. The van der Waals surface area contributed by atoms with Gasteiger partial charge in [-0.15, -0.1) is 0 Å². The fraction of sp³-hybridized carbons (Fsp3) is 0.500. The molecule has 1 N–H and O–H groups in total. The van der Waals surface area contributed by atoms with Crippen molar-refractivity contribution in [2.45, 2.75) is 31.4 Å². The minimum absolute atomic E-state index is 0.0460. The zero-order valence-electron chi connectivity index (χ0n) is 10.2. The van der Waals surface area contributed by atoms with E-state index in [1.807, 2.05) is 37.3 Å². The molecule has 1 aromatic carbocycles. The predicted molar refractivity (Wildman–Crippen MR) is 66.7 cm³/mol. The Kier molecular flexibility index (Phi) is 3.60. The number of hydrogen-bond donors (Lipinski definition) is 1. The van der Waals surface area contributed by atoms with E-state index in [0.29, 0.717) is 12.8 Å². The summed E-state index contributed by atoms with van der Waals surface area (Å²) in [6, 6.07) is 9.76. The van der Waals surface area contributed by atoms with Gasteiger partial charge in [-0.05, 0) is 25.3 Å². The molecule has 1 heterocycles. The Bertz CT molecular complexity index is 369. The molecule has 1 aliphatic heterocycles. The molecular weight excluding hydrogens is 214 g/mol. The smallest absolute Gasteiger partial charge is 0.136 e. The Morgan fingerprint density at radius 3 is 2.41 bits per heavy atom. The lowest BCUT2D eigenvalue weighted by atomic mass is 9.84. The van der Waals surface area contributed by atoms with Crippen LogP contribution in [0.15, 0.2) is 30.3 Å². The third kappa shape index (κ3) is 2.56. The van der Waals surface area contributed by atoms with Gasteiger partial charge in [-0.1, -0.05) is 30.3 Å². The lowest BCUT2D eigenvalue weighted by molar-refractivity contribution is -0.114. The number of carbonyl (C=O) groups is 1. The highest BCUT2D eigenvalue weighted by molar-refractivity contribution is 5.56. The predicted octanol–water partition coefficient (Wildman–Crippen LogP) is 1.56. The second kappa shape index (κ2) is 4.98. The average Bonchev–Trinajstić information content (AvgIpc) is 2.40. The molecule has 0 spiro atoms. The number of rotatable bonds is 3. The van der Waals surface area contributed by atoms with Crippen molar-refractivity contribution in [3.05, 3.63) is 35.9 Å². The first-order chi connectivity index (χ1) is 8.15. The summed E-state index contributed by atoms with van der Waals surface area (Å²) in [5, 5.41) is 10.6. The second-order valence-corrected chi connectivity index (χ2v) is 4.81. The molecule has 0 radical (unpaired) electrons. The molecule has 1 fully saturated rings. The molecule has 17 heavy (non-hydrogen) atoms. The molecule has 0 aromatic heterocycles. The number of nitrogens with zero attached hydrogens (tertiary/aromatic N) is 1. The maximum atomic E-state index is 10.7. The Labute approximate surface area is 102 Å². The number of aliphatic hydroxyl groups is 1. The minimum atomic E-state index is -0.722. The zero-order valence-corrected chi connectivity index (χ0v) is 10.2. The van der Waals surface area contributed by atoms with Crippen LogP contribution in [0, 0.1) is 0 Å². The largest absolute Gasteiger partial charge is 0.385 e. The summed E-state index contributed by atoms with van der Waals surface area (Å²) in [4.78, 5) is 12.8. The quantitative estimate of drug-likeness (QED) is 0.805. The van der Waals surface area contributed by atoms with Crippen LogP contribution in [0.5, 0.6) is 0 Å². The zero-order chi connectivity index (χ0) is 12.3. The van der Waals surface area contributed by atoms with E-state index in [1.54, 1.807) is 0 Å². The first-order valence-corrected chi connectivity index (χ1v) is 6.13. The number of benzene rings is 1. The van der Waals surface area contributed by atoms with E-state index < -0.39 is 5.60 Å². The van der Waals surface area contributed by atoms with Crippen molar-refractivity contribution in [3.8, 4) is 0 Å². The number of likely N-dealkylation sites (tertiary alicyclic amines) is 1. The van der Waals surface area contributed by atoms with Crippen molar-refractivity contribution in [1.82, 2.24) is 4.90 Å². The number of piperidine rings is 1. The molecule has 92 valence electrons. The molecule has 3 heteroatoms. The molecule has 1 saturated heterocycles. The minimum Gasteiger partial charge on any atom is -0.385 e. The van der Waals surface area contributed by atoms with Gasteiger partial charge in [0, 0.05) is 13.1 Å². The molecule has 0 bridgehead atoms. The van der Waals surface area contributed by atoms with E-state index >= 15 is 0 Å². The topological polar surface area (TPSA) is 40.5 Å². The van der Waals surface area contributed by atoms with Gasteiger partial charge in [0.05, 0.1) is 11.6 Å². The summed E-state index contributed by atoms with van der Waals surface area (Å²) in [7, 11) is 0. The van der Waals surface area contributed by atoms with Crippen molar-refractivity contribution in [2.75, 3.05) is 13.1 Å². The van der Waals surface area contributed by atoms with Crippen molar-refractivity contribution < 1.29 is 9.90 Å². The van der Waals surface area contributed by atoms with E-state index in [1.165, 1.54) is 0 Å². The van der Waals surface area contributed by atoms with Crippen LogP contribution in [0.3, 0.4) is 0 Å². The van der Waals surface area contributed by atoms with Gasteiger partial charge in [0.25, 0.3) is 0 Å². The van der Waals surface area contributed by atoms with Crippen molar-refractivity contribution in [2.24, 2.45) is 0 Å². The van der Waals surface area contributed by atoms with Gasteiger partial charge in [0.2, 0.25) is 0 Å². The Hall–Kier alpha value is -1.19. The Balaban J connectivity index is 2.05. The van der Waals surface area contributed by atoms with Crippen LogP contribution in [0.25, 0.3) is 0 Å². The van der Waals surface area contributed by atoms with Crippen LogP contribution in [-0.4, -0.2) is 35.4 Å². The van der Waals surface area contributed by atoms with Crippen LogP contribution in [0.1, 0.15) is 25.3 Å². The summed E-state index contributed by atoms with van der Waals surface area (Å²) in [6.07, 6.45) is 2.34. The summed E-state index contributed by atoms with van der Waals surface area (Å²) in [5.41, 5.74) is 0.263. The highest BCUT2D eigenvalue weighted by Gasteiger charge is 2.34. The monoisotopic (exact) mass is 233 g/mol. The highest BCUT2D eigenvalue weighted by atomic mass is 16.3. The van der Waals surface area contributed by atoms with Gasteiger partial charge in [0.1, 0.15) is 6.29 Å². The van der Waals surface area contributed by atoms with Gasteiger partial charge >= 0.3 is 0 Å². The van der Waals surface area contributed by atoms with Gasteiger partial charge in [-0.2, -0.15) is 0 Å². The van der Waals surface area contributed by atoms with Crippen LogP contribution in [0.4, 0.5) is 0 Å². The van der Waals surface area contributed by atoms with Crippen molar-refractivity contribution >= 4 is 6.29 Å². The standard InChI is InChI=1S/C14H19NO2/c1-12(11-16)15-9-7-14(17,8-10-15)13-5-3-2-4-6-13/h2-6,11-12,17H,7-10H2,1H3. The summed E-state index contributed by atoms with van der Waals surface area (Å²) >= 11 is 0. The molecule has 1 aromatic rings. The Morgan fingerprint density at radius 2 is 1.88 bits per heavy atom. The molecule has 1 unspecified atom stereocenters. The van der Waals surface area contributed by atoms with Crippen molar-refractivity contribution in [3.63, 3.8) is 0 Å². The fourth-order valence-electron chi connectivity index (χ4n) is 2.42. The molecular formula is C14H19NO2. The fourth-order valence-corrected chi connectivity index (χ4v) is 2.42.